The van der Waals surface area contributed by atoms with Crippen LogP contribution in [0.1, 0.15) is 0 Å². The molecule has 30 rings (SSSR count). The molecule has 0 aliphatic rings. The summed E-state index contributed by atoms with van der Waals surface area (Å²) in [5.74, 6) is 0.684. The molecule has 9 aromatic heterocycles. The smallest absolute Gasteiger partial charge is 0.235 e. The lowest BCUT2D eigenvalue weighted by Gasteiger charge is -2.25. The predicted octanol–water partition coefficient (Wildman–Crippen LogP) is 36.2. The van der Waals surface area contributed by atoms with Gasteiger partial charge in [0.2, 0.25) is 5.95 Å². The summed E-state index contributed by atoms with van der Waals surface area (Å²) < 4.78 is 17.3. The van der Waals surface area contributed by atoms with Crippen LogP contribution in [0.3, 0.4) is 0 Å². The molecule has 0 unspecified atom stereocenters. The van der Waals surface area contributed by atoms with Crippen LogP contribution in [0.4, 0.5) is 17.1 Å². The zero-order valence-electron chi connectivity index (χ0n) is 73.1. The first kappa shape index (κ1) is 77.9. The molecule has 7 nitrogen and oxygen atoms in total. The number of para-hydroxylation sites is 3. The van der Waals surface area contributed by atoms with Crippen molar-refractivity contribution in [2.45, 2.75) is 0 Å². The van der Waals surface area contributed by atoms with Gasteiger partial charge in [-0.15, -0.1) is 45.3 Å². The third-order valence-electron chi connectivity index (χ3n) is 27.5. The maximum Gasteiger partial charge on any atom is 0.235 e. The first-order valence-electron chi connectivity index (χ1n) is 46.0. The van der Waals surface area contributed by atoms with Crippen molar-refractivity contribution in [1.82, 2.24) is 28.7 Å². The van der Waals surface area contributed by atoms with Gasteiger partial charge in [0.1, 0.15) is 0 Å². The quantitative estimate of drug-likeness (QED) is 0.145. The molecule has 136 heavy (non-hydrogen) atoms. The van der Waals surface area contributed by atoms with Crippen LogP contribution >= 0.6 is 45.3 Å². The molecule has 0 saturated heterocycles. The van der Waals surface area contributed by atoms with E-state index in [0.717, 1.165) is 60.3 Å². The van der Waals surface area contributed by atoms with Gasteiger partial charge in [-0.25, -0.2) is 9.97 Å². The van der Waals surface area contributed by atoms with Gasteiger partial charge in [-0.1, -0.05) is 279 Å². The molecule has 0 aliphatic heterocycles. The van der Waals surface area contributed by atoms with Gasteiger partial charge < -0.3 is 14.0 Å². The topological polar surface area (TPSA) is 56.7 Å². The lowest BCUT2D eigenvalue weighted by Crippen LogP contribution is -2.09. The Hall–Kier alpha value is -16.8. The SMILES string of the molecule is c1ccc(-c2ccc3c(c2)c2cc4c(cc2n3-c2ccccc2)sc2ccc3ccccc3c24)cc1.c1ccc(-c2nc(-n3c4cc5ccccc5cc4c4cc5c(cc43)sc3ccc(-c4cccc6cnccc46)cc35)nc3c2sc2ccccc23)cc1.c1ccc(N(c2ccccc2)c2ccc3sc4cc5c(cc4c3c2)c2c3ccccc3ccc2n5-c2ccc3ccccc3c2)cc1. The first-order chi connectivity index (χ1) is 67.4. The lowest BCUT2D eigenvalue weighted by atomic mass is 9.98. The number of fused-ring (bicyclic) bond motifs is 28. The molecular weight excluding hydrogens is 1730 g/mol. The van der Waals surface area contributed by atoms with Gasteiger partial charge in [-0.2, -0.15) is 0 Å². The molecule has 0 N–H and O–H groups in total. The van der Waals surface area contributed by atoms with Crippen LogP contribution in [0, 0.1) is 0 Å². The number of aromatic nitrogens is 6. The summed E-state index contributed by atoms with van der Waals surface area (Å²) in [5, 5.41) is 29.0. The average Bonchev–Trinajstić information content (AvgIpc) is 1.56. The maximum absolute atomic E-state index is 5.44. The van der Waals surface area contributed by atoms with Gasteiger partial charge in [0.25, 0.3) is 0 Å². The number of anilines is 3. The Bertz CT molecular complexity index is 10100. The van der Waals surface area contributed by atoms with Gasteiger partial charge in [0, 0.05) is 155 Å². The molecule has 0 saturated carbocycles. The third-order valence-corrected chi connectivity index (χ3v) is 32.1. The van der Waals surface area contributed by atoms with E-state index in [1.54, 1.807) is 11.3 Å². The van der Waals surface area contributed by atoms with Crippen LogP contribution in [-0.4, -0.2) is 28.7 Å². The molecular formula is C125H75N7S4. The molecule has 634 valence electrons. The molecule has 0 aliphatic carbocycles. The zero-order valence-corrected chi connectivity index (χ0v) is 76.3. The number of hydrogen-bond donors (Lipinski definition) is 0. The number of thiophene rings is 4. The summed E-state index contributed by atoms with van der Waals surface area (Å²) in [6, 6.07) is 161. The van der Waals surface area contributed by atoms with Crippen LogP contribution in [0.15, 0.2) is 455 Å². The van der Waals surface area contributed by atoms with Crippen molar-refractivity contribution in [2.24, 2.45) is 0 Å². The summed E-state index contributed by atoms with van der Waals surface area (Å²) in [6.07, 6.45) is 3.82. The molecule has 30 aromatic rings. The molecule has 9 heterocycles. The highest BCUT2D eigenvalue weighted by Crippen LogP contribution is 2.51. The Kier molecular flexibility index (Phi) is 18.0. The second-order valence-electron chi connectivity index (χ2n) is 35.2. The van der Waals surface area contributed by atoms with E-state index in [0.29, 0.717) is 5.95 Å². The minimum atomic E-state index is 0.684. The molecule has 0 amide bonds. The highest BCUT2D eigenvalue weighted by Gasteiger charge is 2.26. The summed E-state index contributed by atoms with van der Waals surface area (Å²) in [7, 11) is 0. The van der Waals surface area contributed by atoms with Crippen LogP contribution in [0.5, 0.6) is 0 Å². The van der Waals surface area contributed by atoms with Crippen LogP contribution in [0.2, 0.25) is 0 Å². The van der Waals surface area contributed by atoms with Gasteiger partial charge in [-0.3, -0.25) is 9.55 Å². The fourth-order valence-electron chi connectivity index (χ4n) is 21.3. The Morgan fingerprint density at radius 2 is 0.699 bits per heavy atom. The normalized spacial score (nSPS) is 12.0. The predicted molar refractivity (Wildman–Crippen MR) is 586 cm³/mol. The fraction of sp³-hybridized carbons (Fsp3) is 0. The van der Waals surface area contributed by atoms with Crippen molar-refractivity contribution in [3.05, 3.63) is 455 Å². The van der Waals surface area contributed by atoms with Gasteiger partial charge in [0.15, 0.2) is 0 Å². The monoisotopic (exact) mass is 1800 g/mol. The number of pyridine rings is 1. The zero-order chi connectivity index (χ0) is 89.2. The van der Waals surface area contributed by atoms with E-state index in [-0.39, 0.29) is 0 Å². The third kappa shape index (κ3) is 12.7. The molecule has 0 bridgehead atoms. The molecule has 11 heteroatoms. The maximum atomic E-state index is 5.44. The molecule has 0 atom stereocenters. The second-order valence-corrected chi connectivity index (χ2v) is 39.5. The van der Waals surface area contributed by atoms with E-state index in [1.165, 1.54) is 202 Å². The van der Waals surface area contributed by atoms with Gasteiger partial charge in [0.05, 0.1) is 49.0 Å². The molecule has 0 fully saturated rings. The molecule has 0 radical (unpaired) electrons. The van der Waals surface area contributed by atoms with Gasteiger partial charge >= 0.3 is 0 Å². The number of nitrogens with zero attached hydrogens (tertiary/aromatic N) is 7. The van der Waals surface area contributed by atoms with E-state index >= 15 is 0 Å². The van der Waals surface area contributed by atoms with E-state index in [2.05, 4.69) is 466 Å². The summed E-state index contributed by atoms with van der Waals surface area (Å²) in [4.78, 5) is 17.6. The van der Waals surface area contributed by atoms with E-state index < -0.39 is 0 Å². The molecule has 0 spiro atoms. The van der Waals surface area contributed by atoms with Crippen LogP contribution in [0.25, 0.3) is 251 Å². The second kappa shape index (κ2) is 31.5. The van der Waals surface area contributed by atoms with E-state index in [9.17, 15) is 0 Å². The summed E-state index contributed by atoms with van der Waals surface area (Å²) >= 11 is 7.38. The Labute approximate surface area is 795 Å². The standard InChI is InChI=1S/C47H26N4S2.C44H28N2S.C34H21NS/c1-2-9-27(10-3-1)44-46-45(34-14-6-7-16-41(34)53-46)50-47(49-44)51-39-23-29-12-5-4-11-28(29)21-35(39)36-24-38-37-22-30(17-18-42(37)52-43(38)25-40(36)51)32-15-8-13-31-26-48-20-19-33(31)32;1-3-14-32(15-4-1)45(33-16-5-2-6-17-33)35-22-24-42-37(26-35)38-27-39-41(28-43(38)47-42)46(34-21-19-29-11-7-8-13-31(29)25-34)40-23-20-30-12-9-10-18-36(30)44(39)40;1-3-9-22(10-4-1)24-15-17-30-27(19-24)28-20-29-33(21-31(28)35(30)25-12-5-2-6-13-25)36-32-18-16-23-11-7-8-14-26(23)34(29)32/h1-26H;1-28H;1-21H. The van der Waals surface area contributed by atoms with Crippen molar-refractivity contribution < 1.29 is 0 Å². The Balaban J connectivity index is 0.000000103. The van der Waals surface area contributed by atoms with Crippen LogP contribution in [-0.2, 0) is 0 Å². The van der Waals surface area contributed by atoms with E-state index in [1.807, 2.05) is 46.4 Å². The van der Waals surface area contributed by atoms with Crippen molar-refractivity contribution in [2.75, 3.05) is 4.90 Å². The largest absolute Gasteiger partial charge is 0.310 e. The van der Waals surface area contributed by atoms with Crippen molar-refractivity contribution in [3.8, 4) is 50.8 Å². The van der Waals surface area contributed by atoms with Crippen molar-refractivity contribution >= 4 is 263 Å². The average molecular weight is 1800 g/mol. The fourth-order valence-corrected chi connectivity index (χ4v) is 25.8. The van der Waals surface area contributed by atoms with E-state index in [4.69, 9.17) is 9.97 Å². The Morgan fingerprint density at radius 3 is 1.43 bits per heavy atom. The minimum Gasteiger partial charge on any atom is -0.310 e. The molecule has 21 aromatic carbocycles. The van der Waals surface area contributed by atoms with Crippen molar-refractivity contribution in [3.63, 3.8) is 0 Å². The highest BCUT2D eigenvalue weighted by atomic mass is 32.1. The number of rotatable bonds is 9. The van der Waals surface area contributed by atoms with Crippen molar-refractivity contribution in [1.29, 1.82) is 0 Å². The van der Waals surface area contributed by atoms with Crippen LogP contribution < -0.4 is 4.90 Å². The Morgan fingerprint density at radius 1 is 0.213 bits per heavy atom. The first-order valence-corrected chi connectivity index (χ1v) is 49.2. The number of benzene rings is 21. The summed E-state index contributed by atoms with van der Waals surface area (Å²) in [6.45, 7) is 0. The number of hydrogen-bond acceptors (Lipinski definition) is 8. The minimum absolute atomic E-state index is 0.684. The summed E-state index contributed by atoms with van der Waals surface area (Å²) in [5.41, 5.74) is 20.9. The van der Waals surface area contributed by atoms with Gasteiger partial charge in [-0.05, 0) is 235 Å². The highest BCUT2D eigenvalue weighted by molar-refractivity contribution is 7.27. The lowest BCUT2D eigenvalue weighted by molar-refractivity contribution is 1.02.